The van der Waals surface area contributed by atoms with Crippen LogP contribution in [0.1, 0.15) is 36.0 Å². The smallest absolute Gasteiger partial charge is 0.256 e. The number of carbonyl (C=O) groups excluding carboxylic acids is 2. The Labute approximate surface area is 123 Å². The second-order valence-electron chi connectivity index (χ2n) is 5.75. The van der Waals surface area contributed by atoms with Crippen LogP contribution in [0.2, 0.25) is 0 Å². The number of anilines is 1. The zero-order valence-corrected chi connectivity index (χ0v) is 11.8. The maximum atomic E-state index is 12.8. The van der Waals surface area contributed by atoms with Gasteiger partial charge in [0.2, 0.25) is 5.91 Å². The Morgan fingerprint density at radius 1 is 1.14 bits per heavy atom. The van der Waals surface area contributed by atoms with Crippen LogP contribution in [0.15, 0.2) is 29.3 Å². The molecule has 4 rings (SSSR count). The molecule has 0 N–H and O–H groups in total. The molecule has 0 spiro atoms. The molecule has 1 aromatic carbocycles. The topological polar surface area (TPSA) is 53.0 Å². The highest BCUT2D eigenvalue weighted by Gasteiger charge is 2.42. The third-order valence-corrected chi connectivity index (χ3v) is 4.49. The first-order valence-corrected chi connectivity index (χ1v) is 7.54. The van der Waals surface area contributed by atoms with Gasteiger partial charge in [0.15, 0.2) is 0 Å². The Balaban J connectivity index is 1.96. The zero-order chi connectivity index (χ0) is 14.4. The van der Waals surface area contributed by atoms with E-state index >= 15 is 0 Å². The largest absolute Gasteiger partial charge is 0.328 e. The van der Waals surface area contributed by atoms with Gasteiger partial charge in [-0.3, -0.25) is 19.5 Å². The second kappa shape index (κ2) is 4.69. The van der Waals surface area contributed by atoms with E-state index in [4.69, 9.17) is 0 Å². The molecule has 1 saturated heterocycles. The van der Waals surface area contributed by atoms with E-state index in [0.717, 1.165) is 31.6 Å². The number of amidine groups is 1. The van der Waals surface area contributed by atoms with E-state index in [1.807, 2.05) is 29.2 Å². The summed E-state index contributed by atoms with van der Waals surface area (Å²) in [5.74, 6) is 0.852. The summed E-state index contributed by atoms with van der Waals surface area (Å²) < 4.78 is 0. The fourth-order valence-corrected chi connectivity index (χ4v) is 3.53. The lowest BCUT2D eigenvalue weighted by Gasteiger charge is -2.27. The first-order valence-electron chi connectivity index (χ1n) is 7.54. The van der Waals surface area contributed by atoms with E-state index in [2.05, 4.69) is 4.99 Å². The minimum absolute atomic E-state index is 0.0247. The van der Waals surface area contributed by atoms with Gasteiger partial charge >= 0.3 is 0 Å². The van der Waals surface area contributed by atoms with Crippen molar-refractivity contribution in [2.24, 2.45) is 4.99 Å². The van der Waals surface area contributed by atoms with Crippen molar-refractivity contribution in [2.75, 3.05) is 18.0 Å². The van der Waals surface area contributed by atoms with Crippen molar-refractivity contribution in [3.05, 3.63) is 29.8 Å². The number of para-hydroxylation sites is 1. The number of fused-ring (bicyclic) bond motifs is 5. The number of hydrogen-bond donors (Lipinski definition) is 0. The van der Waals surface area contributed by atoms with Crippen molar-refractivity contribution in [1.29, 1.82) is 0 Å². The summed E-state index contributed by atoms with van der Waals surface area (Å²) in [6.45, 7) is 1.41. The molecule has 1 aromatic rings. The molecular formula is C16H17N3O2. The molecule has 21 heavy (non-hydrogen) atoms. The van der Waals surface area contributed by atoms with Gasteiger partial charge in [0.05, 0.1) is 17.3 Å². The molecule has 2 amide bonds. The molecule has 1 fully saturated rings. The van der Waals surface area contributed by atoms with Crippen LogP contribution < -0.4 is 4.90 Å². The van der Waals surface area contributed by atoms with Gasteiger partial charge in [-0.2, -0.15) is 0 Å². The Kier molecular flexibility index (Phi) is 2.80. The van der Waals surface area contributed by atoms with Crippen molar-refractivity contribution in [2.45, 2.75) is 31.7 Å². The molecule has 0 saturated carbocycles. The minimum atomic E-state index is -0.0491. The molecular weight excluding hydrogens is 266 g/mol. The van der Waals surface area contributed by atoms with Crippen molar-refractivity contribution < 1.29 is 9.59 Å². The second-order valence-corrected chi connectivity index (χ2v) is 5.75. The van der Waals surface area contributed by atoms with Gasteiger partial charge < -0.3 is 4.90 Å². The first kappa shape index (κ1) is 12.6. The first-order chi connectivity index (χ1) is 10.3. The van der Waals surface area contributed by atoms with Crippen LogP contribution in [-0.2, 0) is 4.79 Å². The van der Waals surface area contributed by atoms with E-state index in [1.54, 1.807) is 4.90 Å². The van der Waals surface area contributed by atoms with Crippen molar-refractivity contribution in [1.82, 2.24) is 4.90 Å². The molecule has 1 atom stereocenters. The molecule has 0 aliphatic carbocycles. The van der Waals surface area contributed by atoms with Crippen molar-refractivity contribution in [3.8, 4) is 0 Å². The van der Waals surface area contributed by atoms with Crippen LogP contribution in [0.5, 0.6) is 0 Å². The van der Waals surface area contributed by atoms with Gasteiger partial charge in [-0.1, -0.05) is 12.1 Å². The SMILES string of the molecule is O=C1CCCN=C2[C@@H]3CCCN3C(=O)c3ccccc3N12. The van der Waals surface area contributed by atoms with Crippen molar-refractivity contribution >= 4 is 23.3 Å². The Morgan fingerprint density at radius 3 is 2.90 bits per heavy atom. The number of benzene rings is 1. The van der Waals surface area contributed by atoms with Crippen LogP contribution in [0.4, 0.5) is 5.69 Å². The molecule has 3 aliphatic heterocycles. The fourth-order valence-electron chi connectivity index (χ4n) is 3.53. The van der Waals surface area contributed by atoms with E-state index in [0.29, 0.717) is 24.2 Å². The molecule has 0 bridgehead atoms. The number of nitrogens with zero attached hydrogens (tertiary/aromatic N) is 3. The van der Waals surface area contributed by atoms with E-state index in [-0.39, 0.29) is 17.9 Å². The molecule has 3 heterocycles. The Bertz CT molecular complexity index is 653. The van der Waals surface area contributed by atoms with Crippen molar-refractivity contribution in [3.63, 3.8) is 0 Å². The average Bonchev–Trinajstić information content (AvgIpc) is 2.87. The zero-order valence-electron chi connectivity index (χ0n) is 11.8. The van der Waals surface area contributed by atoms with Gasteiger partial charge in [0.25, 0.3) is 5.91 Å². The summed E-state index contributed by atoms with van der Waals surface area (Å²) in [5.41, 5.74) is 1.31. The number of amides is 2. The van der Waals surface area contributed by atoms with Crippen LogP contribution in [0.25, 0.3) is 0 Å². The third-order valence-electron chi connectivity index (χ3n) is 4.49. The molecule has 5 nitrogen and oxygen atoms in total. The summed E-state index contributed by atoms with van der Waals surface area (Å²) in [6, 6.07) is 7.35. The normalized spacial score (nSPS) is 24.8. The van der Waals surface area contributed by atoms with Gasteiger partial charge in [-0.05, 0) is 31.4 Å². The van der Waals surface area contributed by atoms with Gasteiger partial charge in [0.1, 0.15) is 5.84 Å². The third kappa shape index (κ3) is 1.80. The van der Waals surface area contributed by atoms with Crippen LogP contribution in [0.3, 0.4) is 0 Å². The lowest BCUT2D eigenvalue weighted by atomic mass is 10.1. The average molecular weight is 283 g/mol. The highest BCUT2D eigenvalue weighted by atomic mass is 16.2. The molecule has 0 unspecified atom stereocenters. The van der Waals surface area contributed by atoms with Gasteiger partial charge in [-0.25, -0.2) is 0 Å². The van der Waals surface area contributed by atoms with Gasteiger partial charge in [0, 0.05) is 19.5 Å². The van der Waals surface area contributed by atoms with E-state index < -0.39 is 0 Å². The highest BCUT2D eigenvalue weighted by molar-refractivity contribution is 6.24. The van der Waals surface area contributed by atoms with Gasteiger partial charge in [-0.15, -0.1) is 0 Å². The molecule has 0 radical (unpaired) electrons. The molecule has 5 heteroatoms. The number of hydrogen-bond acceptors (Lipinski definition) is 3. The van der Waals surface area contributed by atoms with Crippen LogP contribution in [0, 0.1) is 0 Å². The molecule has 3 aliphatic rings. The lowest BCUT2D eigenvalue weighted by molar-refractivity contribution is -0.117. The molecule has 0 aromatic heterocycles. The summed E-state index contributed by atoms with van der Waals surface area (Å²) in [7, 11) is 0. The summed E-state index contributed by atoms with van der Waals surface area (Å²) in [6.07, 6.45) is 3.13. The van der Waals surface area contributed by atoms with Crippen LogP contribution >= 0.6 is 0 Å². The summed E-state index contributed by atoms with van der Waals surface area (Å²) in [4.78, 5) is 33.6. The quantitative estimate of drug-likeness (QED) is 0.729. The number of carbonyl (C=O) groups is 2. The van der Waals surface area contributed by atoms with E-state index in [9.17, 15) is 9.59 Å². The maximum Gasteiger partial charge on any atom is 0.256 e. The predicted octanol–water partition coefficient (Wildman–Crippen LogP) is 1.83. The summed E-state index contributed by atoms with van der Waals surface area (Å²) in [5, 5.41) is 0. The molecule has 108 valence electrons. The minimum Gasteiger partial charge on any atom is -0.328 e. The maximum absolute atomic E-state index is 12.8. The monoisotopic (exact) mass is 283 g/mol. The highest BCUT2D eigenvalue weighted by Crippen LogP contribution is 2.34. The number of rotatable bonds is 0. The lowest BCUT2D eigenvalue weighted by Crippen LogP contribution is -2.46. The Hall–Kier alpha value is -2.17. The summed E-state index contributed by atoms with van der Waals surface area (Å²) >= 11 is 0. The fraction of sp³-hybridized carbons (Fsp3) is 0.438. The number of aliphatic imine (C=N–C) groups is 1. The van der Waals surface area contributed by atoms with E-state index in [1.165, 1.54) is 0 Å². The predicted molar refractivity (Wildman–Crippen MR) is 79.5 cm³/mol. The standard InChI is InChI=1S/C16H17N3O2/c20-14-8-3-9-17-15-13-7-4-10-18(13)16(21)11-5-1-2-6-12(11)19(14)15/h1-2,5-6,13H,3-4,7-10H2/t13-/m0/s1. The Morgan fingerprint density at radius 2 is 2.00 bits per heavy atom. The van der Waals surface area contributed by atoms with Crippen LogP contribution in [-0.4, -0.2) is 41.7 Å².